The molecule has 6 nitrogen and oxygen atoms in total. The molecule has 0 aliphatic rings. The van der Waals surface area contributed by atoms with E-state index in [1.165, 1.54) is 0 Å². The maximum Gasteiger partial charge on any atom is 0.257 e. The Labute approximate surface area is 122 Å². The molecule has 0 saturated carbocycles. The number of fused-ring (bicyclic) bond motifs is 1. The standard InChI is InChI=1S/C13H15N3O2.ClH.H2O/c1-16(2)7-10(17)11-8-5-3-4-6-9(8)13(18)15-12(11)14;;/h3-6H,7H2,1-2H3,(H3,14,15,18);1H;1H2. The van der Waals surface area contributed by atoms with Crippen molar-refractivity contribution in [2.24, 2.45) is 0 Å². The third kappa shape index (κ3) is 3.36. The lowest BCUT2D eigenvalue weighted by molar-refractivity contribution is 0.0960. The molecule has 20 heavy (non-hydrogen) atoms. The quantitative estimate of drug-likeness (QED) is 0.802. The van der Waals surface area contributed by atoms with Gasteiger partial charge in [0.1, 0.15) is 5.82 Å². The molecule has 1 heterocycles. The highest BCUT2D eigenvalue weighted by Gasteiger charge is 2.16. The van der Waals surface area contributed by atoms with Crippen LogP contribution in [0.2, 0.25) is 0 Å². The third-order valence-electron chi connectivity index (χ3n) is 2.70. The van der Waals surface area contributed by atoms with Crippen LogP contribution in [-0.2, 0) is 0 Å². The lowest BCUT2D eigenvalue weighted by Gasteiger charge is -2.12. The van der Waals surface area contributed by atoms with E-state index in [9.17, 15) is 9.59 Å². The summed E-state index contributed by atoms with van der Waals surface area (Å²) in [6, 6.07) is 6.96. The molecule has 0 saturated heterocycles. The summed E-state index contributed by atoms with van der Waals surface area (Å²) in [5.74, 6) is 0.0236. The number of hydrogen-bond acceptors (Lipinski definition) is 4. The van der Waals surface area contributed by atoms with Crippen molar-refractivity contribution < 1.29 is 10.3 Å². The Morgan fingerprint density at radius 3 is 2.35 bits per heavy atom. The van der Waals surface area contributed by atoms with Gasteiger partial charge in [-0.1, -0.05) is 18.2 Å². The van der Waals surface area contributed by atoms with Crippen LogP contribution in [0, 0.1) is 0 Å². The Hall–Kier alpha value is -1.89. The largest absolute Gasteiger partial charge is 0.412 e. The number of carbonyl (C=O) groups excluding carboxylic acids is 1. The number of nitrogens with zero attached hydrogens (tertiary/aromatic N) is 1. The summed E-state index contributed by atoms with van der Waals surface area (Å²) in [7, 11) is 3.62. The van der Waals surface area contributed by atoms with E-state index in [0.29, 0.717) is 16.3 Å². The second-order valence-electron chi connectivity index (χ2n) is 4.45. The van der Waals surface area contributed by atoms with Crippen molar-refractivity contribution in [3.05, 3.63) is 40.2 Å². The first-order valence-electron chi connectivity index (χ1n) is 5.59. The lowest BCUT2D eigenvalue weighted by Crippen LogP contribution is -2.24. The van der Waals surface area contributed by atoms with Gasteiger partial charge < -0.3 is 21.1 Å². The average Bonchev–Trinajstić information content (AvgIpc) is 2.28. The van der Waals surface area contributed by atoms with Crippen LogP contribution in [0.1, 0.15) is 10.4 Å². The number of nitrogens with two attached hydrogens (primary N) is 1. The smallest absolute Gasteiger partial charge is 0.257 e. The van der Waals surface area contributed by atoms with Crippen LogP contribution in [0.5, 0.6) is 0 Å². The van der Waals surface area contributed by atoms with Crippen LogP contribution in [0.4, 0.5) is 5.82 Å². The van der Waals surface area contributed by atoms with Gasteiger partial charge in [-0.05, 0) is 20.2 Å². The summed E-state index contributed by atoms with van der Waals surface area (Å²) in [6.07, 6.45) is 0. The fourth-order valence-corrected chi connectivity index (χ4v) is 1.96. The minimum Gasteiger partial charge on any atom is -0.412 e. The zero-order chi connectivity index (χ0) is 13.3. The van der Waals surface area contributed by atoms with Crippen LogP contribution in [0.3, 0.4) is 0 Å². The molecule has 0 bridgehead atoms. The van der Waals surface area contributed by atoms with Crippen LogP contribution >= 0.6 is 12.4 Å². The Kier molecular flexibility index (Phi) is 6.38. The molecule has 0 aliphatic carbocycles. The van der Waals surface area contributed by atoms with Gasteiger partial charge in [-0.15, -0.1) is 12.4 Å². The number of pyridine rings is 1. The highest BCUT2D eigenvalue weighted by Crippen LogP contribution is 2.20. The molecule has 0 amide bonds. The maximum atomic E-state index is 12.2. The molecule has 0 aliphatic heterocycles. The highest BCUT2D eigenvalue weighted by molar-refractivity contribution is 6.12. The predicted octanol–water partition coefficient (Wildman–Crippen LogP) is 0.452. The van der Waals surface area contributed by atoms with E-state index >= 15 is 0 Å². The van der Waals surface area contributed by atoms with E-state index in [1.54, 1.807) is 29.2 Å². The number of hydrogen-bond donors (Lipinski definition) is 2. The van der Waals surface area contributed by atoms with E-state index < -0.39 is 0 Å². The van der Waals surface area contributed by atoms with E-state index in [-0.39, 0.29) is 41.6 Å². The number of likely N-dealkylation sites (N-methyl/N-ethyl adjacent to an activating group) is 1. The van der Waals surface area contributed by atoms with Crippen LogP contribution < -0.4 is 11.3 Å². The molecule has 110 valence electrons. The molecule has 0 radical (unpaired) electrons. The van der Waals surface area contributed by atoms with Gasteiger partial charge in [0.05, 0.1) is 12.1 Å². The number of H-pyrrole nitrogens is 1. The fraction of sp³-hybridized carbons (Fsp3) is 0.231. The van der Waals surface area contributed by atoms with Crippen molar-refractivity contribution in [2.75, 3.05) is 26.4 Å². The maximum absolute atomic E-state index is 12.2. The van der Waals surface area contributed by atoms with E-state index in [1.807, 2.05) is 14.1 Å². The topological polar surface area (TPSA) is 111 Å². The monoisotopic (exact) mass is 299 g/mol. The zero-order valence-corrected chi connectivity index (χ0v) is 12.1. The second-order valence-corrected chi connectivity index (χ2v) is 4.45. The minimum absolute atomic E-state index is 0. The van der Waals surface area contributed by atoms with E-state index in [2.05, 4.69) is 4.98 Å². The number of ketones is 1. The van der Waals surface area contributed by atoms with Crippen molar-refractivity contribution in [3.8, 4) is 0 Å². The molecule has 1 aromatic heterocycles. The molecule has 2 rings (SSSR count). The first kappa shape index (κ1) is 18.1. The Balaban J connectivity index is 0.00000180. The molecule has 5 N–H and O–H groups in total. The van der Waals surface area contributed by atoms with Gasteiger partial charge in [-0.25, -0.2) is 0 Å². The number of carbonyl (C=O) groups is 1. The first-order chi connectivity index (χ1) is 8.50. The van der Waals surface area contributed by atoms with Crippen LogP contribution in [0.15, 0.2) is 29.1 Å². The SMILES string of the molecule is CN(C)CC(=O)c1c(N)[nH]c(=O)c2ccccc12.Cl.O. The number of aromatic amines is 1. The molecule has 0 spiro atoms. The average molecular weight is 300 g/mol. The molecule has 7 heteroatoms. The molecular formula is C13H18ClN3O3. The van der Waals surface area contributed by atoms with Gasteiger partial charge in [0.25, 0.3) is 5.56 Å². The number of halogens is 1. The van der Waals surface area contributed by atoms with Crippen LogP contribution in [-0.4, -0.2) is 41.8 Å². The number of aromatic nitrogens is 1. The van der Waals surface area contributed by atoms with E-state index in [0.717, 1.165) is 0 Å². The summed E-state index contributed by atoms with van der Waals surface area (Å²) < 4.78 is 0. The van der Waals surface area contributed by atoms with Crippen molar-refractivity contribution in [1.29, 1.82) is 0 Å². The summed E-state index contributed by atoms with van der Waals surface area (Å²) in [4.78, 5) is 28.2. The third-order valence-corrected chi connectivity index (χ3v) is 2.70. The Morgan fingerprint density at radius 2 is 1.80 bits per heavy atom. The predicted molar refractivity (Wildman–Crippen MR) is 82.7 cm³/mol. The van der Waals surface area contributed by atoms with Crippen molar-refractivity contribution in [1.82, 2.24) is 9.88 Å². The van der Waals surface area contributed by atoms with Crippen molar-refractivity contribution >= 4 is 34.8 Å². The zero-order valence-electron chi connectivity index (χ0n) is 11.3. The molecular weight excluding hydrogens is 282 g/mol. The van der Waals surface area contributed by atoms with E-state index in [4.69, 9.17) is 5.73 Å². The minimum atomic E-state index is -0.274. The summed E-state index contributed by atoms with van der Waals surface area (Å²) in [5.41, 5.74) is 5.88. The summed E-state index contributed by atoms with van der Waals surface area (Å²) in [6.45, 7) is 0.250. The molecule has 2 aromatic rings. The number of nitrogens with one attached hydrogen (secondary N) is 1. The number of benzene rings is 1. The lowest BCUT2D eigenvalue weighted by atomic mass is 10.0. The second kappa shape index (κ2) is 7.04. The fourth-order valence-electron chi connectivity index (χ4n) is 1.96. The highest BCUT2D eigenvalue weighted by atomic mass is 35.5. The Morgan fingerprint density at radius 1 is 1.25 bits per heavy atom. The van der Waals surface area contributed by atoms with Gasteiger partial charge in [0.2, 0.25) is 0 Å². The number of Topliss-reactive ketones (excluding diaryl/α,β-unsaturated/α-hetero) is 1. The molecule has 0 atom stereocenters. The van der Waals surface area contributed by atoms with Gasteiger partial charge in [-0.2, -0.15) is 0 Å². The molecule has 0 unspecified atom stereocenters. The number of nitrogen functional groups attached to an aromatic ring is 1. The van der Waals surface area contributed by atoms with Gasteiger partial charge in [-0.3, -0.25) is 9.59 Å². The van der Waals surface area contributed by atoms with Gasteiger partial charge >= 0.3 is 0 Å². The van der Waals surface area contributed by atoms with Crippen molar-refractivity contribution in [2.45, 2.75) is 0 Å². The van der Waals surface area contributed by atoms with Crippen molar-refractivity contribution in [3.63, 3.8) is 0 Å². The van der Waals surface area contributed by atoms with Crippen LogP contribution in [0.25, 0.3) is 10.8 Å². The normalized spacial score (nSPS) is 9.95. The van der Waals surface area contributed by atoms with Gasteiger partial charge in [0, 0.05) is 10.8 Å². The molecule has 1 aromatic carbocycles. The Bertz CT molecular complexity index is 667. The number of rotatable bonds is 3. The van der Waals surface area contributed by atoms with Gasteiger partial charge in [0.15, 0.2) is 5.78 Å². The summed E-state index contributed by atoms with van der Waals surface area (Å²) >= 11 is 0. The number of anilines is 1. The summed E-state index contributed by atoms with van der Waals surface area (Å²) in [5, 5.41) is 1.08. The molecule has 0 fully saturated rings. The first-order valence-corrected chi connectivity index (χ1v) is 5.59.